The zero-order valence-corrected chi connectivity index (χ0v) is 9.78. The quantitative estimate of drug-likeness (QED) is 0.747. The van der Waals surface area contributed by atoms with Crippen molar-refractivity contribution in [3.8, 4) is 0 Å². The van der Waals surface area contributed by atoms with E-state index in [9.17, 15) is 9.59 Å². The van der Waals surface area contributed by atoms with Gasteiger partial charge in [-0.15, -0.1) is 0 Å². The van der Waals surface area contributed by atoms with Crippen molar-refractivity contribution < 1.29 is 19.4 Å². The summed E-state index contributed by atoms with van der Waals surface area (Å²) < 4.78 is 5.31. The molecule has 1 unspecified atom stereocenters. The van der Waals surface area contributed by atoms with Crippen LogP contribution in [-0.2, 0) is 14.3 Å². The molecule has 1 atom stereocenters. The zero-order valence-electron chi connectivity index (χ0n) is 9.78. The maximum Gasteiger partial charge on any atom is 0.310 e. The molecule has 0 aliphatic carbocycles. The molecule has 0 saturated carbocycles. The topological polar surface area (TPSA) is 75.6 Å². The fourth-order valence-corrected chi connectivity index (χ4v) is 1.45. The van der Waals surface area contributed by atoms with Crippen LogP contribution in [0.2, 0.25) is 0 Å². The fourth-order valence-electron chi connectivity index (χ4n) is 1.45. The van der Waals surface area contributed by atoms with E-state index in [-0.39, 0.29) is 12.5 Å². The third kappa shape index (κ3) is 3.48. The molecule has 0 aromatic carbocycles. The van der Waals surface area contributed by atoms with Crippen molar-refractivity contribution in [2.45, 2.75) is 39.2 Å². The maximum absolute atomic E-state index is 11.6. The minimum atomic E-state index is -0.940. The molecule has 1 heterocycles. The first-order valence-corrected chi connectivity index (χ1v) is 5.56. The molecule has 5 heteroatoms. The molecule has 1 fully saturated rings. The molecule has 16 heavy (non-hydrogen) atoms. The van der Waals surface area contributed by atoms with Gasteiger partial charge in [0.1, 0.15) is 6.10 Å². The van der Waals surface area contributed by atoms with Crippen LogP contribution in [0, 0.1) is 5.41 Å². The van der Waals surface area contributed by atoms with Crippen molar-refractivity contribution in [3.05, 3.63) is 0 Å². The number of ether oxygens (including phenoxy) is 1. The Bertz CT molecular complexity index is 269. The molecular formula is C11H19NO4. The van der Waals surface area contributed by atoms with Gasteiger partial charge < -0.3 is 15.2 Å². The lowest BCUT2D eigenvalue weighted by molar-refractivity contribution is -0.147. The number of carbonyl (C=O) groups is 2. The van der Waals surface area contributed by atoms with Crippen LogP contribution in [0.25, 0.3) is 0 Å². The highest BCUT2D eigenvalue weighted by atomic mass is 16.5. The van der Waals surface area contributed by atoms with Crippen LogP contribution in [-0.4, -0.2) is 36.2 Å². The molecule has 1 aliphatic rings. The number of nitrogens with one attached hydrogen (secondary N) is 1. The summed E-state index contributed by atoms with van der Waals surface area (Å²) >= 11 is 0. The van der Waals surface area contributed by atoms with E-state index < -0.39 is 17.5 Å². The first-order chi connectivity index (χ1) is 7.43. The summed E-state index contributed by atoms with van der Waals surface area (Å²) in [6.45, 7) is 3.90. The molecule has 1 aliphatic heterocycles. The van der Waals surface area contributed by atoms with Gasteiger partial charge in [-0.3, -0.25) is 9.59 Å². The van der Waals surface area contributed by atoms with Crippen molar-refractivity contribution in [3.63, 3.8) is 0 Å². The minimum absolute atomic E-state index is 0.126. The highest BCUT2D eigenvalue weighted by Crippen LogP contribution is 2.15. The van der Waals surface area contributed by atoms with Crippen LogP contribution in [0.3, 0.4) is 0 Å². The van der Waals surface area contributed by atoms with Gasteiger partial charge in [0, 0.05) is 13.2 Å². The van der Waals surface area contributed by atoms with Gasteiger partial charge in [-0.1, -0.05) is 0 Å². The maximum atomic E-state index is 11.6. The number of hydrogen-bond acceptors (Lipinski definition) is 3. The zero-order chi connectivity index (χ0) is 12.2. The van der Waals surface area contributed by atoms with Crippen LogP contribution >= 0.6 is 0 Å². The van der Waals surface area contributed by atoms with Gasteiger partial charge >= 0.3 is 5.97 Å². The van der Waals surface area contributed by atoms with Crippen molar-refractivity contribution >= 4 is 11.9 Å². The van der Waals surface area contributed by atoms with Gasteiger partial charge in [-0.05, 0) is 33.1 Å². The van der Waals surface area contributed by atoms with Gasteiger partial charge in [0.05, 0.1) is 5.41 Å². The van der Waals surface area contributed by atoms with E-state index in [1.54, 1.807) is 13.8 Å². The average Bonchev–Trinajstić information content (AvgIpc) is 2.27. The van der Waals surface area contributed by atoms with Crippen molar-refractivity contribution in [2.24, 2.45) is 5.41 Å². The van der Waals surface area contributed by atoms with E-state index in [2.05, 4.69) is 5.32 Å². The van der Waals surface area contributed by atoms with Gasteiger partial charge in [-0.2, -0.15) is 0 Å². The van der Waals surface area contributed by atoms with Crippen molar-refractivity contribution in [1.29, 1.82) is 0 Å². The third-order valence-electron chi connectivity index (χ3n) is 2.76. The average molecular weight is 229 g/mol. The van der Waals surface area contributed by atoms with Crippen molar-refractivity contribution in [1.82, 2.24) is 5.32 Å². The molecule has 0 spiro atoms. The van der Waals surface area contributed by atoms with Crippen LogP contribution in [0.5, 0.6) is 0 Å². The Labute approximate surface area is 95.2 Å². The predicted molar refractivity (Wildman–Crippen MR) is 58.0 cm³/mol. The lowest BCUT2D eigenvalue weighted by Crippen LogP contribution is -2.44. The number of carboxylic acid groups (broad SMARTS) is 1. The Morgan fingerprint density at radius 3 is 2.62 bits per heavy atom. The summed E-state index contributed by atoms with van der Waals surface area (Å²) in [6.07, 6.45) is 2.29. The summed E-state index contributed by atoms with van der Waals surface area (Å²) in [5, 5.41) is 11.5. The van der Waals surface area contributed by atoms with Crippen molar-refractivity contribution in [2.75, 3.05) is 13.2 Å². The number of aliphatic carboxylic acids is 1. The molecule has 5 nitrogen and oxygen atoms in total. The molecule has 1 amide bonds. The molecule has 1 saturated heterocycles. The second kappa shape index (κ2) is 5.30. The molecule has 0 aromatic rings. The Kier molecular flexibility index (Phi) is 4.29. The van der Waals surface area contributed by atoms with Crippen LogP contribution in [0.15, 0.2) is 0 Å². The van der Waals surface area contributed by atoms with E-state index in [1.165, 1.54) is 0 Å². The van der Waals surface area contributed by atoms with Crippen LogP contribution in [0.1, 0.15) is 33.1 Å². The summed E-state index contributed by atoms with van der Waals surface area (Å²) in [6, 6.07) is 0. The fraction of sp³-hybridized carbons (Fsp3) is 0.818. The molecule has 0 bridgehead atoms. The lowest BCUT2D eigenvalue weighted by atomic mass is 9.94. The first kappa shape index (κ1) is 13.0. The summed E-state index contributed by atoms with van der Waals surface area (Å²) in [7, 11) is 0. The van der Waals surface area contributed by atoms with Gasteiger partial charge in [0.2, 0.25) is 5.91 Å². The third-order valence-corrected chi connectivity index (χ3v) is 2.76. The van der Waals surface area contributed by atoms with E-state index in [4.69, 9.17) is 9.84 Å². The Morgan fingerprint density at radius 1 is 1.44 bits per heavy atom. The molecular weight excluding hydrogens is 210 g/mol. The normalized spacial score (nSPS) is 21.5. The second-order valence-corrected chi connectivity index (χ2v) is 4.76. The molecule has 0 aromatic heterocycles. The predicted octanol–water partition coefficient (Wildman–Crippen LogP) is 0.782. The Balaban J connectivity index is 2.37. The minimum Gasteiger partial charge on any atom is -0.481 e. The van der Waals surface area contributed by atoms with Crippen LogP contribution < -0.4 is 5.32 Å². The number of rotatable bonds is 4. The SMILES string of the molecule is CC(C)(CNC(=O)C1CCCCO1)C(=O)O. The molecule has 0 radical (unpaired) electrons. The molecule has 1 rings (SSSR count). The number of carbonyl (C=O) groups excluding carboxylic acids is 1. The van der Waals surface area contributed by atoms with E-state index in [1.807, 2.05) is 0 Å². The van der Waals surface area contributed by atoms with Gasteiger partial charge in [0.25, 0.3) is 0 Å². The molecule has 2 N–H and O–H groups in total. The van der Waals surface area contributed by atoms with E-state index in [0.29, 0.717) is 6.61 Å². The highest BCUT2D eigenvalue weighted by Gasteiger charge is 2.29. The standard InChI is InChI=1S/C11H19NO4/c1-11(2,10(14)15)7-12-9(13)8-5-3-4-6-16-8/h8H,3-7H2,1-2H3,(H,12,13)(H,14,15). The first-order valence-electron chi connectivity index (χ1n) is 5.56. The second-order valence-electron chi connectivity index (χ2n) is 4.76. The van der Waals surface area contributed by atoms with E-state index in [0.717, 1.165) is 19.3 Å². The number of hydrogen-bond donors (Lipinski definition) is 2. The Morgan fingerprint density at radius 2 is 2.12 bits per heavy atom. The largest absolute Gasteiger partial charge is 0.481 e. The summed E-state index contributed by atoms with van der Waals surface area (Å²) in [5.74, 6) is -1.12. The Hall–Kier alpha value is -1.10. The summed E-state index contributed by atoms with van der Waals surface area (Å²) in [4.78, 5) is 22.5. The van der Waals surface area contributed by atoms with Gasteiger partial charge in [0.15, 0.2) is 0 Å². The van der Waals surface area contributed by atoms with Gasteiger partial charge in [-0.25, -0.2) is 0 Å². The summed E-state index contributed by atoms with van der Waals surface area (Å²) in [5.41, 5.74) is -0.940. The smallest absolute Gasteiger partial charge is 0.310 e. The molecule has 92 valence electrons. The lowest BCUT2D eigenvalue weighted by Gasteiger charge is -2.24. The number of amides is 1. The van der Waals surface area contributed by atoms with E-state index >= 15 is 0 Å². The highest BCUT2D eigenvalue weighted by molar-refractivity contribution is 5.82. The monoisotopic (exact) mass is 229 g/mol. The van der Waals surface area contributed by atoms with Crippen LogP contribution in [0.4, 0.5) is 0 Å². The number of carboxylic acids is 1.